The van der Waals surface area contributed by atoms with Gasteiger partial charge in [-0.1, -0.05) is 22.9 Å². The summed E-state index contributed by atoms with van der Waals surface area (Å²) in [6.07, 6.45) is 5.39. The van der Waals surface area contributed by atoms with Gasteiger partial charge in [-0.2, -0.15) is 15.3 Å². The van der Waals surface area contributed by atoms with Crippen LogP contribution >= 0.6 is 0 Å². The van der Waals surface area contributed by atoms with Crippen molar-refractivity contribution in [3.63, 3.8) is 0 Å². The molecule has 1 N–H and O–H groups in total. The Hall–Kier alpha value is -4.21. The molecule has 0 atom stereocenters. The Morgan fingerprint density at radius 2 is 1.77 bits per heavy atom. The van der Waals surface area contributed by atoms with Crippen LogP contribution in [-0.2, 0) is 6.42 Å². The fourth-order valence-corrected chi connectivity index (χ4v) is 3.17. The van der Waals surface area contributed by atoms with Crippen molar-refractivity contribution in [3.05, 3.63) is 77.8 Å². The van der Waals surface area contributed by atoms with Gasteiger partial charge in [-0.25, -0.2) is 14.3 Å². The number of hydrogen-bond acceptors (Lipinski definition) is 7. The third-order valence-corrected chi connectivity index (χ3v) is 4.82. The van der Waals surface area contributed by atoms with Crippen molar-refractivity contribution in [3.8, 4) is 22.9 Å². The van der Waals surface area contributed by atoms with Crippen LogP contribution in [-0.4, -0.2) is 50.2 Å². The number of rotatable bonds is 5. The highest BCUT2D eigenvalue weighted by molar-refractivity contribution is 5.48. The maximum absolute atomic E-state index is 4.71. The number of nitrogens with one attached hydrogen (secondary N) is 1. The van der Waals surface area contributed by atoms with E-state index >= 15 is 0 Å². The smallest absolute Gasteiger partial charge is 0.199 e. The Labute approximate surface area is 171 Å². The van der Waals surface area contributed by atoms with Crippen LogP contribution in [0.15, 0.2) is 55.0 Å². The predicted molar refractivity (Wildman–Crippen MR) is 108 cm³/mol. The number of hydrogen-bond donors (Lipinski definition) is 1. The topological polar surface area (TPSA) is 116 Å². The summed E-state index contributed by atoms with van der Waals surface area (Å²) in [5.74, 6) is 1.26. The Balaban J connectivity index is 1.54. The molecule has 0 aliphatic rings. The number of benzene rings is 1. The largest absolute Gasteiger partial charge is 0.275 e. The van der Waals surface area contributed by atoms with E-state index in [0.717, 1.165) is 28.5 Å². The van der Waals surface area contributed by atoms with Crippen molar-refractivity contribution in [2.45, 2.75) is 20.3 Å². The van der Waals surface area contributed by atoms with E-state index in [-0.39, 0.29) is 0 Å². The average Bonchev–Trinajstić information content (AvgIpc) is 3.51. The molecule has 0 unspecified atom stereocenters. The molecule has 5 aromatic rings. The molecule has 0 spiro atoms. The average molecular weight is 398 g/mol. The monoisotopic (exact) mass is 398 g/mol. The lowest BCUT2D eigenvalue weighted by Gasteiger charge is -2.05. The molecule has 1 aromatic carbocycles. The molecule has 0 aliphatic carbocycles. The van der Waals surface area contributed by atoms with Crippen LogP contribution < -0.4 is 0 Å². The molecular formula is C20H18N10. The molecule has 10 nitrogen and oxygen atoms in total. The number of aromatic amines is 1. The minimum absolute atomic E-state index is 0.459. The fraction of sp³-hybridized carbons (Fsp3) is 0.150. The number of H-pyrrole nitrogens is 1. The van der Waals surface area contributed by atoms with Crippen LogP contribution in [0.2, 0.25) is 0 Å². The zero-order valence-electron chi connectivity index (χ0n) is 16.4. The quantitative estimate of drug-likeness (QED) is 0.482. The van der Waals surface area contributed by atoms with Gasteiger partial charge in [0.25, 0.3) is 0 Å². The second-order valence-corrected chi connectivity index (χ2v) is 6.88. The summed E-state index contributed by atoms with van der Waals surface area (Å²) in [5.41, 5.74) is 5.43. The van der Waals surface area contributed by atoms with Crippen LogP contribution in [0.3, 0.4) is 0 Å². The van der Waals surface area contributed by atoms with Crippen molar-refractivity contribution in [2.75, 3.05) is 0 Å². The van der Waals surface area contributed by atoms with Crippen molar-refractivity contribution < 1.29 is 0 Å². The van der Waals surface area contributed by atoms with E-state index in [4.69, 9.17) is 4.98 Å². The highest BCUT2D eigenvalue weighted by Gasteiger charge is 2.18. The Kier molecular flexibility index (Phi) is 4.36. The van der Waals surface area contributed by atoms with Gasteiger partial charge in [-0.3, -0.25) is 5.10 Å². The van der Waals surface area contributed by atoms with Gasteiger partial charge in [0.1, 0.15) is 11.5 Å². The first kappa shape index (κ1) is 17.9. The lowest BCUT2D eigenvalue weighted by atomic mass is 10.2. The summed E-state index contributed by atoms with van der Waals surface area (Å²) in [6.45, 7) is 4.06. The van der Waals surface area contributed by atoms with Crippen LogP contribution in [0.25, 0.3) is 22.9 Å². The molecule has 10 heteroatoms. The summed E-state index contributed by atoms with van der Waals surface area (Å²) in [5, 5.41) is 28.1. The molecule has 4 aromatic heterocycles. The van der Waals surface area contributed by atoms with Crippen molar-refractivity contribution >= 4 is 0 Å². The number of aromatic nitrogens is 10. The third kappa shape index (κ3) is 3.24. The zero-order valence-corrected chi connectivity index (χ0v) is 16.4. The molecule has 0 radical (unpaired) electrons. The summed E-state index contributed by atoms with van der Waals surface area (Å²) in [7, 11) is 0. The number of aryl methyl sites for hydroxylation is 1. The van der Waals surface area contributed by atoms with Crippen LogP contribution in [0.5, 0.6) is 0 Å². The van der Waals surface area contributed by atoms with Crippen molar-refractivity contribution in [1.29, 1.82) is 0 Å². The zero-order chi connectivity index (χ0) is 20.5. The first-order chi connectivity index (χ1) is 14.7. The summed E-state index contributed by atoms with van der Waals surface area (Å²) in [6, 6.07) is 11.8. The SMILES string of the molecule is Cc1ccc(-n2nnc(Cc3nc(-c4ccn[nH]4)nn3-c3ccnnc3)c2C)cc1. The van der Waals surface area contributed by atoms with Gasteiger partial charge in [0.2, 0.25) is 0 Å². The lowest BCUT2D eigenvalue weighted by Crippen LogP contribution is -2.06. The van der Waals surface area contributed by atoms with Gasteiger partial charge >= 0.3 is 0 Å². The lowest BCUT2D eigenvalue weighted by molar-refractivity contribution is 0.777. The van der Waals surface area contributed by atoms with E-state index in [1.54, 1.807) is 23.3 Å². The minimum atomic E-state index is 0.459. The molecule has 0 fully saturated rings. The van der Waals surface area contributed by atoms with E-state index in [2.05, 4.69) is 54.9 Å². The maximum atomic E-state index is 4.71. The van der Waals surface area contributed by atoms with E-state index in [9.17, 15) is 0 Å². The summed E-state index contributed by atoms with van der Waals surface area (Å²) < 4.78 is 3.58. The highest BCUT2D eigenvalue weighted by Crippen LogP contribution is 2.20. The molecule has 0 saturated heterocycles. The van der Waals surface area contributed by atoms with Gasteiger partial charge in [-0.15, -0.1) is 10.2 Å². The van der Waals surface area contributed by atoms with E-state index in [0.29, 0.717) is 18.1 Å². The van der Waals surface area contributed by atoms with Crippen molar-refractivity contribution in [1.82, 2.24) is 50.2 Å². The molecule has 148 valence electrons. The summed E-state index contributed by atoms with van der Waals surface area (Å²) in [4.78, 5) is 4.71. The van der Waals surface area contributed by atoms with Gasteiger partial charge in [0, 0.05) is 6.20 Å². The first-order valence-electron chi connectivity index (χ1n) is 9.40. The molecule has 0 bridgehead atoms. The molecule has 0 amide bonds. The standard InChI is InChI=1S/C20H18N10/c1-13-3-5-15(6-4-13)29-14(2)18(26-28-29)11-19-24-20(17-8-10-22-25-17)27-30(19)16-7-9-21-23-12-16/h3-10,12H,11H2,1-2H3,(H,22,25). The molecule has 4 heterocycles. The molecule has 5 rings (SSSR count). The van der Waals surface area contributed by atoms with Crippen LogP contribution in [0.4, 0.5) is 0 Å². The Morgan fingerprint density at radius 1 is 0.900 bits per heavy atom. The van der Waals surface area contributed by atoms with E-state index in [1.165, 1.54) is 5.56 Å². The van der Waals surface area contributed by atoms with Crippen LogP contribution in [0.1, 0.15) is 22.8 Å². The maximum Gasteiger partial charge on any atom is 0.199 e. The molecule has 0 saturated carbocycles. The Bertz CT molecular complexity index is 1270. The summed E-state index contributed by atoms with van der Waals surface area (Å²) >= 11 is 0. The number of nitrogens with zero attached hydrogens (tertiary/aromatic N) is 9. The van der Waals surface area contributed by atoms with E-state index in [1.807, 2.05) is 35.9 Å². The van der Waals surface area contributed by atoms with Gasteiger partial charge < -0.3 is 0 Å². The fourth-order valence-electron chi connectivity index (χ4n) is 3.17. The molecular weight excluding hydrogens is 380 g/mol. The normalized spacial score (nSPS) is 11.1. The molecule has 30 heavy (non-hydrogen) atoms. The molecule has 0 aliphatic heterocycles. The second-order valence-electron chi connectivity index (χ2n) is 6.88. The van der Waals surface area contributed by atoms with Crippen LogP contribution in [0, 0.1) is 13.8 Å². The first-order valence-corrected chi connectivity index (χ1v) is 9.40. The second kappa shape index (κ2) is 7.32. The van der Waals surface area contributed by atoms with Gasteiger partial charge in [0.05, 0.1) is 41.6 Å². The van der Waals surface area contributed by atoms with Crippen molar-refractivity contribution in [2.24, 2.45) is 0 Å². The highest BCUT2D eigenvalue weighted by atomic mass is 15.4. The van der Waals surface area contributed by atoms with Gasteiger partial charge in [0.15, 0.2) is 5.82 Å². The third-order valence-electron chi connectivity index (χ3n) is 4.82. The minimum Gasteiger partial charge on any atom is -0.275 e. The van der Waals surface area contributed by atoms with Gasteiger partial charge in [-0.05, 0) is 38.1 Å². The van der Waals surface area contributed by atoms with E-state index < -0.39 is 0 Å². The predicted octanol–water partition coefficient (Wildman–Crippen LogP) is 2.24. The Morgan fingerprint density at radius 3 is 2.50 bits per heavy atom.